The summed E-state index contributed by atoms with van der Waals surface area (Å²) in [6.07, 6.45) is 2.79. The lowest BCUT2D eigenvalue weighted by molar-refractivity contribution is -0.384. The molecule has 0 bridgehead atoms. The molecule has 2 rings (SSSR count). The highest BCUT2D eigenvalue weighted by Gasteiger charge is 2.25. The van der Waals surface area contributed by atoms with E-state index in [-0.39, 0.29) is 16.7 Å². The van der Waals surface area contributed by atoms with Crippen LogP contribution >= 0.6 is 11.6 Å². The SMILES string of the molecule is NCCCOC1CCN(c2cc(Cl)ccc2[N+](=O)[O-])CC1. The lowest BCUT2D eigenvalue weighted by atomic mass is 10.1. The van der Waals surface area contributed by atoms with Gasteiger partial charge in [-0.2, -0.15) is 0 Å². The highest BCUT2D eigenvalue weighted by Crippen LogP contribution is 2.33. The van der Waals surface area contributed by atoms with Gasteiger partial charge in [0.15, 0.2) is 0 Å². The number of nitro groups is 1. The second kappa shape index (κ2) is 7.59. The number of anilines is 1. The van der Waals surface area contributed by atoms with Crippen molar-refractivity contribution < 1.29 is 9.66 Å². The van der Waals surface area contributed by atoms with E-state index < -0.39 is 0 Å². The molecule has 0 aromatic heterocycles. The maximum atomic E-state index is 11.1. The topological polar surface area (TPSA) is 81.6 Å². The summed E-state index contributed by atoms with van der Waals surface area (Å²) in [6.45, 7) is 2.77. The first-order valence-corrected chi connectivity index (χ1v) is 7.50. The van der Waals surface area contributed by atoms with E-state index in [1.807, 2.05) is 4.90 Å². The first kappa shape index (κ1) is 16.0. The molecule has 0 unspecified atom stereocenters. The highest BCUT2D eigenvalue weighted by molar-refractivity contribution is 6.31. The van der Waals surface area contributed by atoms with E-state index in [0.29, 0.717) is 23.9 Å². The molecule has 1 aromatic rings. The third-order valence-corrected chi connectivity index (χ3v) is 3.85. The van der Waals surface area contributed by atoms with E-state index in [2.05, 4.69) is 0 Å². The van der Waals surface area contributed by atoms with Crippen LogP contribution in [0.25, 0.3) is 0 Å². The molecule has 1 aromatic carbocycles. The van der Waals surface area contributed by atoms with Crippen LogP contribution in [0.5, 0.6) is 0 Å². The zero-order valence-electron chi connectivity index (χ0n) is 11.8. The summed E-state index contributed by atoms with van der Waals surface area (Å²) in [5, 5.41) is 11.6. The largest absolute Gasteiger partial charge is 0.378 e. The molecular weight excluding hydrogens is 294 g/mol. The van der Waals surface area contributed by atoms with E-state index in [9.17, 15) is 10.1 Å². The third kappa shape index (κ3) is 4.30. The molecule has 0 aliphatic carbocycles. The summed E-state index contributed by atoms with van der Waals surface area (Å²) in [5.74, 6) is 0. The molecule has 0 amide bonds. The van der Waals surface area contributed by atoms with Gasteiger partial charge in [0.25, 0.3) is 5.69 Å². The van der Waals surface area contributed by atoms with Gasteiger partial charge in [0.1, 0.15) is 5.69 Å². The number of rotatable bonds is 6. The Kier molecular flexibility index (Phi) is 5.78. The predicted octanol–water partition coefficient (Wildman–Crippen LogP) is 2.58. The number of nitrogens with zero attached hydrogens (tertiary/aromatic N) is 2. The summed E-state index contributed by atoms with van der Waals surface area (Å²) < 4.78 is 5.74. The Balaban J connectivity index is 1.99. The smallest absolute Gasteiger partial charge is 0.292 e. The molecule has 0 spiro atoms. The Morgan fingerprint density at radius 2 is 2.14 bits per heavy atom. The average molecular weight is 314 g/mol. The van der Waals surface area contributed by atoms with Gasteiger partial charge >= 0.3 is 0 Å². The number of nitrogens with two attached hydrogens (primary N) is 1. The van der Waals surface area contributed by atoms with Crippen LogP contribution < -0.4 is 10.6 Å². The summed E-state index contributed by atoms with van der Waals surface area (Å²) in [5.41, 5.74) is 6.13. The van der Waals surface area contributed by atoms with Crippen LogP contribution in [-0.2, 0) is 4.74 Å². The quantitative estimate of drug-likeness (QED) is 0.496. The maximum absolute atomic E-state index is 11.1. The minimum Gasteiger partial charge on any atom is -0.378 e. The van der Waals surface area contributed by atoms with Crippen molar-refractivity contribution in [1.29, 1.82) is 0 Å². The zero-order chi connectivity index (χ0) is 15.2. The van der Waals surface area contributed by atoms with Crippen molar-refractivity contribution in [1.82, 2.24) is 0 Å². The van der Waals surface area contributed by atoms with E-state index in [0.717, 1.165) is 32.4 Å². The van der Waals surface area contributed by atoms with Gasteiger partial charge in [-0.05, 0) is 37.9 Å². The Morgan fingerprint density at radius 3 is 2.76 bits per heavy atom. The van der Waals surface area contributed by atoms with E-state index in [1.165, 1.54) is 6.07 Å². The number of hydrogen-bond donors (Lipinski definition) is 1. The molecule has 1 aliphatic heterocycles. The van der Waals surface area contributed by atoms with Crippen molar-refractivity contribution in [3.8, 4) is 0 Å². The number of benzene rings is 1. The fourth-order valence-electron chi connectivity index (χ4n) is 2.50. The van der Waals surface area contributed by atoms with Gasteiger partial charge in [0, 0.05) is 30.8 Å². The van der Waals surface area contributed by atoms with E-state index >= 15 is 0 Å². The van der Waals surface area contributed by atoms with Gasteiger partial charge < -0.3 is 15.4 Å². The van der Waals surface area contributed by atoms with Crippen molar-refractivity contribution in [3.63, 3.8) is 0 Å². The van der Waals surface area contributed by atoms with Crippen LogP contribution in [0.4, 0.5) is 11.4 Å². The molecule has 116 valence electrons. The standard InChI is InChI=1S/C14H20ClN3O3/c15-11-2-3-13(18(19)20)14(10-11)17-7-4-12(5-8-17)21-9-1-6-16/h2-3,10,12H,1,4-9,16H2. The van der Waals surface area contributed by atoms with Gasteiger partial charge in [0.05, 0.1) is 11.0 Å². The maximum Gasteiger partial charge on any atom is 0.292 e. The fraction of sp³-hybridized carbons (Fsp3) is 0.571. The first-order valence-electron chi connectivity index (χ1n) is 7.12. The van der Waals surface area contributed by atoms with Crippen LogP contribution in [0.15, 0.2) is 18.2 Å². The summed E-state index contributed by atoms with van der Waals surface area (Å²) in [4.78, 5) is 12.8. The molecule has 0 saturated carbocycles. The van der Waals surface area contributed by atoms with E-state index in [4.69, 9.17) is 22.1 Å². The summed E-state index contributed by atoms with van der Waals surface area (Å²) in [6, 6.07) is 4.67. The summed E-state index contributed by atoms with van der Waals surface area (Å²) >= 11 is 5.97. The van der Waals surface area contributed by atoms with Gasteiger partial charge in [0.2, 0.25) is 0 Å². The minimum absolute atomic E-state index is 0.0990. The monoisotopic (exact) mass is 313 g/mol. The predicted molar refractivity (Wildman–Crippen MR) is 83.0 cm³/mol. The normalized spacial score (nSPS) is 16.2. The molecule has 1 fully saturated rings. The van der Waals surface area contributed by atoms with Crippen LogP contribution in [-0.4, -0.2) is 37.3 Å². The molecule has 0 atom stereocenters. The van der Waals surface area contributed by atoms with Crippen molar-refractivity contribution >= 4 is 23.0 Å². The Morgan fingerprint density at radius 1 is 1.43 bits per heavy atom. The molecule has 1 saturated heterocycles. The lowest BCUT2D eigenvalue weighted by Crippen LogP contribution is -2.37. The van der Waals surface area contributed by atoms with Crippen molar-refractivity contribution in [3.05, 3.63) is 33.3 Å². The van der Waals surface area contributed by atoms with Crippen LogP contribution in [0, 0.1) is 10.1 Å². The molecule has 0 radical (unpaired) electrons. The number of ether oxygens (including phenoxy) is 1. The number of hydrogen-bond acceptors (Lipinski definition) is 5. The Labute approximate surface area is 129 Å². The fourth-order valence-corrected chi connectivity index (χ4v) is 2.67. The average Bonchev–Trinajstić information content (AvgIpc) is 2.48. The third-order valence-electron chi connectivity index (χ3n) is 3.62. The van der Waals surface area contributed by atoms with Gasteiger partial charge in [-0.1, -0.05) is 11.6 Å². The number of halogens is 1. The van der Waals surface area contributed by atoms with Crippen LogP contribution in [0.2, 0.25) is 5.02 Å². The minimum atomic E-state index is -0.366. The second-order valence-corrected chi connectivity index (χ2v) is 5.53. The second-order valence-electron chi connectivity index (χ2n) is 5.09. The van der Waals surface area contributed by atoms with Gasteiger partial charge in [-0.15, -0.1) is 0 Å². The van der Waals surface area contributed by atoms with Crippen molar-refractivity contribution in [2.45, 2.75) is 25.4 Å². The van der Waals surface area contributed by atoms with Gasteiger partial charge in [-0.25, -0.2) is 0 Å². The van der Waals surface area contributed by atoms with Crippen LogP contribution in [0.3, 0.4) is 0 Å². The molecule has 7 heteroatoms. The van der Waals surface area contributed by atoms with Crippen LogP contribution in [0.1, 0.15) is 19.3 Å². The number of piperidine rings is 1. The summed E-state index contributed by atoms with van der Waals surface area (Å²) in [7, 11) is 0. The molecule has 21 heavy (non-hydrogen) atoms. The highest BCUT2D eigenvalue weighted by atomic mass is 35.5. The van der Waals surface area contributed by atoms with Crippen molar-refractivity contribution in [2.24, 2.45) is 5.73 Å². The lowest BCUT2D eigenvalue weighted by Gasteiger charge is -2.33. The Bertz CT molecular complexity index is 490. The number of nitro benzene ring substituents is 1. The molecule has 1 aliphatic rings. The van der Waals surface area contributed by atoms with E-state index in [1.54, 1.807) is 12.1 Å². The van der Waals surface area contributed by atoms with Gasteiger partial charge in [-0.3, -0.25) is 10.1 Å². The Hall–Kier alpha value is -1.37. The zero-order valence-corrected chi connectivity index (χ0v) is 12.6. The molecule has 1 heterocycles. The molecular formula is C14H20ClN3O3. The van der Waals surface area contributed by atoms with Crippen molar-refractivity contribution in [2.75, 3.05) is 31.1 Å². The first-order chi connectivity index (χ1) is 10.1. The molecule has 2 N–H and O–H groups in total. The molecule has 6 nitrogen and oxygen atoms in total.